The molecular weight excluding hydrogens is 232 g/mol. The van der Waals surface area contributed by atoms with E-state index in [0.717, 1.165) is 13.0 Å². The summed E-state index contributed by atoms with van der Waals surface area (Å²) < 4.78 is 1.68. The summed E-state index contributed by atoms with van der Waals surface area (Å²) >= 11 is 0. The quantitative estimate of drug-likeness (QED) is 0.646. The summed E-state index contributed by atoms with van der Waals surface area (Å²) in [6.07, 6.45) is 7.55. The Labute approximate surface area is 107 Å². The Hall–Kier alpha value is -1.59. The largest absolute Gasteiger partial charge is 0.406 e. The molecule has 0 amide bonds. The molecule has 1 saturated carbocycles. The van der Waals surface area contributed by atoms with Gasteiger partial charge in [-0.3, -0.25) is 4.57 Å². The number of aromatic nitrogens is 2. The van der Waals surface area contributed by atoms with E-state index in [9.17, 15) is 10.1 Å². The number of aryl methyl sites for hydroxylation is 1. The van der Waals surface area contributed by atoms with Crippen molar-refractivity contribution in [3.63, 3.8) is 0 Å². The Bertz CT molecular complexity index is 435. The maximum Gasteiger partial charge on any atom is 0.406 e. The summed E-state index contributed by atoms with van der Waals surface area (Å²) in [5, 5.41) is 14.1. The molecule has 6 heteroatoms. The van der Waals surface area contributed by atoms with Gasteiger partial charge in [-0.25, -0.2) is 0 Å². The van der Waals surface area contributed by atoms with Crippen LogP contribution < -0.4 is 5.32 Å². The third-order valence-electron chi connectivity index (χ3n) is 4.14. The van der Waals surface area contributed by atoms with Gasteiger partial charge in [0.05, 0.1) is 0 Å². The molecule has 2 rings (SSSR count). The van der Waals surface area contributed by atoms with Crippen molar-refractivity contribution in [3.05, 3.63) is 16.4 Å². The van der Waals surface area contributed by atoms with Crippen molar-refractivity contribution in [1.82, 2.24) is 9.55 Å². The van der Waals surface area contributed by atoms with E-state index in [2.05, 4.69) is 17.2 Å². The van der Waals surface area contributed by atoms with Gasteiger partial charge in [0, 0.05) is 13.6 Å². The third-order valence-corrected chi connectivity index (χ3v) is 4.14. The first-order valence-corrected chi connectivity index (χ1v) is 6.47. The zero-order valence-corrected chi connectivity index (χ0v) is 11.0. The average Bonchev–Trinajstić information content (AvgIpc) is 2.94. The highest BCUT2D eigenvalue weighted by Gasteiger charge is 2.33. The average molecular weight is 252 g/mol. The number of nitrogens with one attached hydrogen (secondary N) is 1. The van der Waals surface area contributed by atoms with Gasteiger partial charge in [-0.1, -0.05) is 19.8 Å². The Morgan fingerprint density at radius 2 is 2.22 bits per heavy atom. The van der Waals surface area contributed by atoms with Crippen LogP contribution in [-0.4, -0.2) is 21.0 Å². The summed E-state index contributed by atoms with van der Waals surface area (Å²) in [7, 11) is 1.77. The summed E-state index contributed by atoms with van der Waals surface area (Å²) in [6, 6.07) is 0. The van der Waals surface area contributed by atoms with E-state index in [1.807, 2.05) is 0 Å². The normalized spacial score (nSPS) is 17.9. The second-order valence-electron chi connectivity index (χ2n) is 5.20. The highest BCUT2D eigenvalue weighted by molar-refractivity contribution is 5.52. The molecule has 100 valence electrons. The zero-order valence-electron chi connectivity index (χ0n) is 11.0. The van der Waals surface area contributed by atoms with Crippen molar-refractivity contribution in [2.45, 2.75) is 39.0 Å². The van der Waals surface area contributed by atoms with Crippen molar-refractivity contribution < 1.29 is 4.92 Å². The SMILES string of the molecule is CCC1(CNc2c([N+](=O)[O-])ncn2C)CCCC1. The summed E-state index contributed by atoms with van der Waals surface area (Å²) in [5.74, 6) is 0.432. The predicted octanol–water partition coefficient (Wildman–Crippen LogP) is 2.71. The van der Waals surface area contributed by atoms with Gasteiger partial charge in [-0.05, 0) is 34.6 Å². The molecular formula is C12H20N4O2. The molecule has 1 aliphatic rings. The molecule has 1 aromatic heterocycles. The third kappa shape index (κ3) is 2.32. The molecule has 1 aliphatic carbocycles. The second kappa shape index (κ2) is 4.96. The fraction of sp³-hybridized carbons (Fsp3) is 0.750. The van der Waals surface area contributed by atoms with Crippen LogP contribution in [0.2, 0.25) is 0 Å². The predicted molar refractivity (Wildman–Crippen MR) is 69.5 cm³/mol. The van der Waals surface area contributed by atoms with Crippen LogP contribution in [-0.2, 0) is 7.05 Å². The van der Waals surface area contributed by atoms with Gasteiger partial charge >= 0.3 is 5.82 Å². The van der Waals surface area contributed by atoms with Crippen molar-refractivity contribution in [1.29, 1.82) is 0 Å². The maximum absolute atomic E-state index is 10.9. The van der Waals surface area contributed by atoms with Crippen LogP contribution in [0.4, 0.5) is 11.6 Å². The smallest absolute Gasteiger partial charge is 0.364 e. The van der Waals surface area contributed by atoms with Crippen LogP contribution >= 0.6 is 0 Å². The topological polar surface area (TPSA) is 73.0 Å². The Kier molecular flexibility index (Phi) is 3.54. The number of imidazole rings is 1. The first-order valence-electron chi connectivity index (χ1n) is 6.47. The first kappa shape index (κ1) is 12.9. The molecule has 0 saturated heterocycles. The van der Waals surface area contributed by atoms with E-state index in [1.165, 1.54) is 32.0 Å². The standard InChI is InChI=1S/C12H20N4O2/c1-3-12(6-4-5-7-12)8-13-10-11(16(17)18)14-9-15(10)2/h9,13H,3-8H2,1-2H3. The van der Waals surface area contributed by atoms with Crippen LogP contribution in [0.3, 0.4) is 0 Å². The van der Waals surface area contributed by atoms with Crippen molar-refractivity contribution >= 4 is 11.6 Å². The Morgan fingerprint density at radius 1 is 1.56 bits per heavy atom. The van der Waals surface area contributed by atoms with Gasteiger partial charge < -0.3 is 15.4 Å². The van der Waals surface area contributed by atoms with Crippen molar-refractivity contribution in [2.75, 3.05) is 11.9 Å². The minimum atomic E-state index is -0.435. The number of anilines is 1. The van der Waals surface area contributed by atoms with Crippen LogP contribution in [0.25, 0.3) is 0 Å². The lowest BCUT2D eigenvalue weighted by atomic mass is 9.83. The van der Waals surface area contributed by atoms with Gasteiger partial charge in [-0.2, -0.15) is 0 Å². The van der Waals surface area contributed by atoms with E-state index >= 15 is 0 Å². The minimum absolute atomic E-state index is 0.0817. The lowest BCUT2D eigenvalue weighted by molar-refractivity contribution is -0.388. The molecule has 0 radical (unpaired) electrons. The van der Waals surface area contributed by atoms with E-state index in [4.69, 9.17) is 0 Å². The fourth-order valence-electron chi connectivity index (χ4n) is 2.81. The highest BCUT2D eigenvalue weighted by Crippen LogP contribution is 2.41. The van der Waals surface area contributed by atoms with Gasteiger partial charge in [0.15, 0.2) is 0 Å². The molecule has 1 heterocycles. The highest BCUT2D eigenvalue weighted by atomic mass is 16.6. The van der Waals surface area contributed by atoms with Crippen molar-refractivity contribution in [2.24, 2.45) is 12.5 Å². The van der Waals surface area contributed by atoms with Gasteiger partial charge in [0.2, 0.25) is 12.1 Å². The Balaban J connectivity index is 2.10. The van der Waals surface area contributed by atoms with Gasteiger partial charge in [0.1, 0.15) is 0 Å². The number of hydrogen-bond acceptors (Lipinski definition) is 4. The van der Waals surface area contributed by atoms with Crippen LogP contribution in [0.1, 0.15) is 39.0 Å². The molecule has 0 aromatic carbocycles. The molecule has 6 nitrogen and oxygen atoms in total. The molecule has 0 atom stereocenters. The number of hydrogen-bond donors (Lipinski definition) is 1. The maximum atomic E-state index is 10.9. The lowest BCUT2D eigenvalue weighted by Crippen LogP contribution is -2.26. The number of nitrogens with zero attached hydrogens (tertiary/aromatic N) is 3. The number of rotatable bonds is 5. The molecule has 0 bridgehead atoms. The molecule has 1 aromatic rings. The monoisotopic (exact) mass is 252 g/mol. The Morgan fingerprint density at radius 3 is 2.78 bits per heavy atom. The summed E-state index contributed by atoms with van der Waals surface area (Å²) in [4.78, 5) is 14.2. The molecule has 18 heavy (non-hydrogen) atoms. The summed E-state index contributed by atoms with van der Waals surface area (Å²) in [6.45, 7) is 2.99. The van der Waals surface area contributed by atoms with Crippen molar-refractivity contribution in [3.8, 4) is 0 Å². The van der Waals surface area contributed by atoms with E-state index in [0.29, 0.717) is 11.2 Å². The van der Waals surface area contributed by atoms with Crippen LogP contribution in [0.15, 0.2) is 6.33 Å². The summed E-state index contributed by atoms with van der Waals surface area (Å²) in [5.41, 5.74) is 0.304. The molecule has 0 spiro atoms. The molecule has 0 unspecified atom stereocenters. The lowest BCUT2D eigenvalue weighted by Gasteiger charge is -2.27. The van der Waals surface area contributed by atoms with E-state index in [1.54, 1.807) is 11.6 Å². The minimum Gasteiger partial charge on any atom is -0.364 e. The molecule has 1 fully saturated rings. The second-order valence-corrected chi connectivity index (χ2v) is 5.20. The van der Waals surface area contributed by atoms with Gasteiger partial charge in [-0.15, -0.1) is 0 Å². The fourth-order valence-corrected chi connectivity index (χ4v) is 2.81. The first-order chi connectivity index (χ1) is 8.58. The molecule has 0 aliphatic heterocycles. The van der Waals surface area contributed by atoms with Crippen LogP contribution in [0.5, 0.6) is 0 Å². The molecule has 1 N–H and O–H groups in total. The van der Waals surface area contributed by atoms with E-state index in [-0.39, 0.29) is 5.82 Å². The zero-order chi connectivity index (χ0) is 13.2. The van der Waals surface area contributed by atoms with Gasteiger partial charge in [0.25, 0.3) is 0 Å². The van der Waals surface area contributed by atoms with Crippen LogP contribution in [0, 0.1) is 15.5 Å². The van der Waals surface area contributed by atoms with E-state index < -0.39 is 4.92 Å². The number of nitro groups is 1.